The Hall–Kier alpha value is -1.87. The van der Waals surface area contributed by atoms with E-state index in [2.05, 4.69) is 24.8 Å². The van der Waals surface area contributed by atoms with Gasteiger partial charge >= 0.3 is 5.97 Å². The molecule has 0 aliphatic heterocycles. The summed E-state index contributed by atoms with van der Waals surface area (Å²) in [6.07, 6.45) is 5.02. The van der Waals surface area contributed by atoms with Crippen molar-refractivity contribution in [2.45, 2.75) is 18.3 Å². The second kappa shape index (κ2) is 4.35. The molecule has 0 radical (unpaired) electrons. The minimum atomic E-state index is -0.838. The van der Waals surface area contributed by atoms with Gasteiger partial charge in [-0.15, -0.1) is 11.3 Å². The first kappa shape index (κ1) is 12.2. The molecular weight excluding hydrogens is 256 g/mol. The average molecular weight is 270 g/mol. The predicted octanol–water partition coefficient (Wildman–Crippen LogP) is 4.13. The van der Waals surface area contributed by atoms with E-state index in [-0.39, 0.29) is 5.41 Å². The number of rotatable bonds is 4. The highest BCUT2D eigenvalue weighted by molar-refractivity contribution is 7.19. The van der Waals surface area contributed by atoms with Crippen molar-refractivity contribution in [3.63, 3.8) is 0 Å². The molecule has 0 bridgehead atoms. The van der Waals surface area contributed by atoms with Gasteiger partial charge in [0.25, 0.3) is 0 Å². The molecule has 1 aromatic heterocycles. The molecule has 3 rings (SSSR count). The number of fused-ring (bicyclic) bond motifs is 1. The number of thiophene rings is 1. The summed E-state index contributed by atoms with van der Waals surface area (Å²) >= 11 is 1.70. The lowest BCUT2D eigenvalue weighted by atomic mass is 9.93. The van der Waals surface area contributed by atoms with Crippen LogP contribution >= 0.6 is 11.3 Å². The fourth-order valence-corrected chi connectivity index (χ4v) is 3.87. The van der Waals surface area contributed by atoms with E-state index in [0.717, 1.165) is 17.7 Å². The van der Waals surface area contributed by atoms with Gasteiger partial charge in [0.15, 0.2) is 0 Å². The molecule has 1 aromatic carbocycles. The van der Waals surface area contributed by atoms with Gasteiger partial charge in [-0.2, -0.15) is 0 Å². The Balaban J connectivity index is 2.12. The van der Waals surface area contributed by atoms with E-state index in [1.54, 1.807) is 23.5 Å². The first-order valence-corrected chi connectivity index (χ1v) is 7.04. The van der Waals surface area contributed by atoms with Crippen LogP contribution in [-0.4, -0.2) is 11.1 Å². The van der Waals surface area contributed by atoms with Crippen molar-refractivity contribution in [1.29, 1.82) is 0 Å². The number of allylic oxidation sites excluding steroid dienone is 2. The van der Waals surface area contributed by atoms with Gasteiger partial charge in [-0.05, 0) is 30.4 Å². The average Bonchev–Trinajstić information content (AvgIpc) is 3.07. The van der Waals surface area contributed by atoms with Crippen molar-refractivity contribution in [1.82, 2.24) is 0 Å². The largest absolute Gasteiger partial charge is 0.478 e. The van der Waals surface area contributed by atoms with Crippen molar-refractivity contribution in [2.24, 2.45) is 0 Å². The maximum atomic E-state index is 11.5. The van der Waals surface area contributed by atoms with Crippen LogP contribution in [0.15, 0.2) is 54.6 Å². The Morgan fingerprint density at radius 1 is 1.37 bits per heavy atom. The molecule has 19 heavy (non-hydrogen) atoms. The summed E-state index contributed by atoms with van der Waals surface area (Å²) in [5.41, 5.74) is 0.179. The summed E-state index contributed by atoms with van der Waals surface area (Å²) in [7, 11) is 0. The third kappa shape index (κ3) is 1.90. The standard InChI is InChI=1S/C16H14O2S/c1-2-5-12(15(17)18)16(8-9-16)14-10-11-6-3-4-7-13(11)19-14/h2-7,10H,1,8-9H2,(H,17,18). The number of carboxylic acids is 1. The van der Waals surface area contributed by atoms with Crippen molar-refractivity contribution in [2.75, 3.05) is 0 Å². The van der Waals surface area contributed by atoms with Gasteiger partial charge in [0.05, 0.1) is 0 Å². The second-order valence-electron chi connectivity index (χ2n) is 4.85. The van der Waals surface area contributed by atoms with Crippen LogP contribution in [0, 0.1) is 0 Å². The zero-order valence-electron chi connectivity index (χ0n) is 10.4. The van der Waals surface area contributed by atoms with Gasteiger partial charge in [-0.25, -0.2) is 4.79 Å². The second-order valence-corrected chi connectivity index (χ2v) is 5.94. The van der Waals surface area contributed by atoms with Gasteiger partial charge in [0.2, 0.25) is 0 Å². The Kier molecular flexibility index (Phi) is 2.79. The van der Waals surface area contributed by atoms with Gasteiger partial charge in [-0.1, -0.05) is 36.9 Å². The SMILES string of the molecule is C=CC=C(C(=O)O)C1(c2cc3ccccc3s2)CC1. The van der Waals surface area contributed by atoms with E-state index in [0.29, 0.717) is 5.57 Å². The molecule has 96 valence electrons. The third-order valence-electron chi connectivity index (χ3n) is 3.68. The monoisotopic (exact) mass is 270 g/mol. The fraction of sp³-hybridized carbons (Fsp3) is 0.188. The Morgan fingerprint density at radius 3 is 2.68 bits per heavy atom. The van der Waals surface area contributed by atoms with E-state index >= 15 is 0 Å². The molecule has 0 spiro atoms. The van der Waals surface area contributed by atoms with Gasteiger partial charge < -0.3 is 5.11 Å². The predicted molar refractivity (Wildman–Crippen MR) is 78.7 cm³/mol. The summed E-state index contributed by atoms with van der Waals surface area (Å²) in [4.78, 5) is 12.6. The topological polar surface area (TPSA) is 37.3 Å². The molecule has 3 heteroatoms. The quantitative estimate of drug-likeness (QED) is 0.670. The molecule has 1 fully saturated rings. The summed E-state index contributed by atoms with van der Waals surface area (Å²) in [5.74, 6) is -0.838. The molecule has 1 aliphatic carbocycles. The van der Waals surface area contributed by atoms with Crippen LogP contribution in [0.4, 0.5) is 0 Å². The molecule has 1 aliphatic rings. The first-order chi connectivity index (χ1) is 9.17. The molecule has 1 heterocycles. The van der Waals surface area contributed by atoms with E-state index in [4.69, 9.17) is 0 Å². The Labute approximate surface area is 115 Å². The lowest BCUT2D eigenvalue weighted by Gasteiger charge is -2.13. The van der Waals surface area contributed by atoms with E-state index in [1.165, 1.54) is 10.1 Å². The Morgan fingerprint density at radius 2 is 2.11 bits per heavy atom. The molecule has 2 aromatic rings. The van der Waals surface area contributed by atoms with Crippen LogP contribution in [0.1, 0.15) is 17.7 Å². The normalized spacial score (nSPS) is 17.4. The molecule has 0 atom stereocenters. The maximum Gasteiger partial charge on any atom is 0.332 e. The zero-order valence-corrected chi connectivity index (χ0v) is 11.2. The summed E-state index contributed by atoms with van der Waals surface area (Å²) in [6.45, 7) is 3.62. The molecule has 0 saturated heterocycles. The van der Waals surface area contributed by atoms with Crippen molar-refractivity contribution >= 4 is 27.4 Å². The van der Waals surface area contributed by atoms with E-state index < -0.39 is 5.97 Å². The molecular formula is C16H14O2S. The van der Waals surface area contributed by atoms with Gasteiger partial charge in [0, 0.05) is 20.6 Å². The van der Waals surface area contributed by atoms with Crippen LogP contribution in [0.2, 0.25) is 0 Å². The molecule has 1 saturated carbocycles. The van der Waals surface area contributed by atoms with Crippen molar-refractivity contribution in [3.8, 4) is 0 Å². The highest BCUT2D eigenvalue weighted by Gasteiger charge is 2.51. The first-order valence-electron chi connectivity index (χ1n) is 6.23. The third-order valence-corrected chi connectivity index (χ3v) is 5.00. The minimum absolute atomic E-state index is 0.288. The molecule has 2 nitrogen and oxygen atoms in total. The number of carbonyl (C=O) groups is 1. The minimum Gasteiger partial charge on any atom is -0.478 e. The zero-order chi connectivity index (χ0) is 13.5. The Bertz CT molecular complexity index is 657. The highest BCUT2D eigenvalue weighted by Crippen LogP contribution is 2.56. The summed E-state index contributed by atoms with van der Waals surface area (Å²) in [5, 5.41) is 10.6. The highest BCUT2D eigenvalue weighted by atomic mass is 32.1. The van der Waals surface area contributed by atoms with Crippen LogP contribution in [-0.2, 0) is 10.2 Å². The number of aliphatic carboxylic acids is 1. The van der Waals surface area contributed by atoms with Crippen molar-refractivity contribution in [3.05, 3.63) is 59.5 Å². The number of hydrogen-bond donors (Lipinski definition) is 1. The van der Waals surface area contributed by atoms with Crippen LogP contribution in [0.3, 0.4) is 0 Å². The lowest BCUT2D eigenvalue weighted by molar-refractivity contribution is -0.133. The maximum absolute atomic E-state index is 11.5. The van der Waals surface area contributed by atoms with Gasteiger partial charge in [-0.3, -0.25) is 0 Å². The summed E-state index contributed by atoms with van der Waals surface area (Å²) in [6, 6.07) is 10.3. The smallest absolute Gasteiger partial charge is 0.332 e. The molecule has 0 unspecified atom stereocenters. The van der Waals surface area contributed by atoms with Crippen LogP contribution < -0.4 is 0 Å². The fourth-order valence-electron chi connectivity index (χ4n) is 2.54. The van der Waals surface area contributed by atoms with Crippen LogP contribution in [0.25, 0.3) is 10.1 Å². The van der Waals surface area contributed by atoms with Gasteiger partial charge in [0.1, 0.15) is 0 Å². The number of benzene rings is 1. The van der Waals surface area contributed by atoms with E-state index in [9.17, 15) is 9.90 Å². The number of hydrogen-bond acceptors (Lipinski definition) is 2. The van der Waals surface area contributed by atoms with Crippen LogP contribution in [0.5, 0.6) is 0 Å². The number of carboxylic acid groups (broad SMARTS) is 1. The molecule has 0 amide bonds. The van der Waals surface area contributed by atoms with E-state index in [1.807, 2.05) is 12.1 Å². The lowest BCUT2D eigenvalue weighted by Crippen LogP contribution is -2.16. The van der Waals surface area contributed by atoms with Crippen molar-refractivity contribution < 1.29 is 9.90 Å². The summed E-state index contributed by atoms with van der Waals surface area (Å²) < 4.78 is 1.21. The molecule has 1 N–H and O–H groups in total.